The van der Waals surface area contributed by atoms with E-state index < -0.39 is 0 Å². The smallest absolute Gasteiger partial charge is 0.158 e. The van der Waals surface area contributed by atoms with E-state index in [9.17, 15) is 4.39 Å². The molecule has 2 aromatic rings. The number of hydrogen-bond donors (Lipinski definition) is 0. The van der Waals surface area contributed by atoms with E-state index in [1.165, 1.54) is 10.6 Å². The van der Waals surface area contributed by atoms with Gasteiger partial charge in [-0.25, -0.2) is 13.9 Å². The van der Waals surface area contributed by atoms with Gasteiger partial charge in [0.15, 0.2) is 5.65 Å². The van der Waals surface area contributed by atoms with Crippen LogP contribution < -0.4 is 0 Å². The number of halogens is 2. The van der Waals surface area contributed by atoms with E-state index in [1.807, 2.05) is 0 Å². The zero-order chi connectivity index (χ0) is 8.72. The molecule has 0 fully saturated rings. The highest BCUT2D eigenvalue weighted by molar-refractivity contribution is 9.10. The lowest BCUT2D eigenvalue weighted by Crippen LogP contribution is -1.89. The number of fused-ring (bicyclic) bond motifs is 1. The number of aromatic nitrogens is 3. The van der Waals surface area contributed by atoms with Gasteiger partial charge in [-0.15, -0.1) is 0 Å². The molecule has 0 amide bonds. The Balaban J connectivity index is 2.83. The fourth-order valence-corrected chi connectivity index (χ4v) is 1.30. The minimum Gasteiger partial charge on any atom is -0.220 e. The predicted octanol–water partition coefficient (Wildman–Crippen LogP) is 1.94. The van der Waals surface area contributed by atoms with Crippen molar-refractivity contribution in [1.82, 2.24) is 14.6 Å². The van der Waals surface area contributed by atoms with Crippen molar-refractivity contribution in [3.05, 3.63) is 28.4 Å². The van der Waals surface area contributed by atoms with Crippen molar-refractivity contribution in [2.24, 2.45) is 0 Å². The first-order chi connectivity index (χ1) is 5.66. The summed E-state index contributed by atoms with van der Waals surface area (Å²) in [6, 6.07) is 1.34. The van der Waals surface area contributed by atoms with Gasteiger partial charge < -0.3 is 0 Å². The lowest BCUT2D eigenvalue weighted by atomic mass is 10.4. The van der Waals surface area contributed by atoms with Crippen LogP contribution in [0.1, 0.15) is 5.82 Å². The molecule has 0 radical (unpaired) electrons. The molecule has 5 heteroatoms. The maximum absolute atomic E-state index is 12.9. The molecule has 0 N–H and O–H groups in total. The van der Waals surface area contributed by atoms with Crippen LogP contribution in [-0.2, 0) is 0 Å². The summed E-state index contributed by atoms with van der Waals surface area (Å²) in [7, 11) is 0. The highest BCUT2D eigenvalue weighted by atomic mass is 79.9. The van der Waals surface area contributed by atoms with E-state index in [4.69, 9.17) is 0 Å². The van der Waals surface area contributed by atoms with Gasteiger partial charge >= 0.3 is 0 Å². The Bertz CT molecular complexity index is 398. The quantitative estimate of drug-likeness (QED) is 0.692. The summed E-state index contributed by atoms with van der Waals surface area (Å²) in [4.78, 5) is 4.01. The van der Waals surface area contributed by atoms with Crippen LogP contribution in [0.2, 0.25) is 0 Å². The van der Waals surface area contributed by atoms with Crippen LogP contribution in [0.3, 0.4) is 0 Å². The van der Waals surface area contributed by atoms with Crippen LogP contribution in [0.15, 0.2) is 16.7 Å². The fraction of sp³-hybridized carbons (Fsp3) is 0.143. The van der Waals surface area contributed by atoms with E-state index in [-0.39, 0.29) is 5.82 Å². The second-order valence-electron chi connectivity index (χ2n) is 2.43. The standard InChI is InChI=1S/C7H5BrFN3/c1-4-10-7-2-6(9)5(8)3-12(7)11-4/h2-3H,1H3. The SMILES string of the molecule is Cc1nc2cc(F)c(Br)cn2n1. The highest BCUT2D eigenvalue weighted by Crippen LogP contribution is 2.15. The number of aryl methyl sites for hydroxylation is 1. The van der Waals surface area contributed by atoms with Crippen molar-refractivity contribution in [3.8, 4) is 0 Å². The summed E-state index contributed by atoms with van der Waals surface area (Å²) in [5.41, 5.74) is 0.521. The number of pyridine rings is 1. The van der Waals surface area contributed by atoms with Gasteiger partial charge in [0.1, 0.15) is 11.6 Å². The molecule has 0 spiro atoms. The number of hydrogen-bond acceptors (Lipinski definition) is 2. The van der Waals surface area contributed by atoms with Crippen LogP contribution in [-0.4, -0.2) is 14.6 Å². The van der Waals surface area contributed by atoms with Crippen molar-refractivity contribution < 1.29 is 4.39 Å². The Labute approximate surface area is 76.4 Å². The zero-order valence-electron chi connectivity index (χ0n) is 6.25. The van der Waals surface area contributed by atoms with Crippen LogP contribution in [0, 0.1) is 12.7 Å². The molecule has 0 aromatic carbocycles. The molecule has 0 atom stereocenters. The van der Waals surface area contributed by atoms with Crippen molar-refractivity contribution in [2.75, 3.05) is 0 Å². The lowest BCUT2D eigenvalue weighted by Gasteiger charge is -1.93. The predicted molar refractivity (Wildman–Crippen MR) is 45.4 cm³/mol. The zero-order valence-corrected chi connectivity index (χ0v) is 7.84. The minimum absolute atomic E-state index is 0.324. The number of nitrogens with zero attached hydrogens (tertiary/aromatic N) is 3. The molecular weight excluding hydrogens is 225 g/mol. The topological polar surface area (TPSA) is 30.2 Å². The lowest BCUT2D eigenvalue weighted by molar-refractivity contribution is 0.618. The van der Waals surface area contributed by atoms with Crippen molar-refractivity contribution in [1.29, 1.82) is 0 Å². The first-order valence-electron chi connectivity index (χ1n) is 3.35. The first-order valence-corrected chi connectivity index (χ1v) is 4.14. The summed E-state index contributed by atoms with van der Waals surface area (Å²) in [6.07, 6.45) is 1.55. The monoisotopic (exact) mass is 229 g/mol. The number of rotatable bonds is 0. The Morgan fingerprint density at radius 1 is 1.58 bits per heavy atom. The molecule has 62 valence electrons. The summed E-state index contributed by atoms with van der Waals surface area (Å²) >= 11 is 3.06. The Morgan fingerprint density at radius 3 is 3.08 bits per heavy atom. The molecule has 12 heavy (non-hydrogen) atoms. The van der Waals surface area contributed by atoms with Crippen LogP contribution >= 0.6 is 15.9 Å². The molecule has 3 nitrogen and oxygen atoms in total. The highest BCUT2D eigenvalue weighted by Gasteiger charge is 2.04. The maximum atomic E-state index is 12.9. The third kappa shape index (κ3) is 1.10. The van der Waals surface area contributed by atoms with Crippen LogP contribution in [0.4, 0.5) is 4.39 Å². The summed E-state index contributed by atoms with van der Waals surface area (Å²) < 4.78 is 14.8. The van der Waals surface area contributed by atoms with E-state index in [2.05, 4.69) is 26.0 Å². The van der Waals surface area contributed by atoms with Gasteiger partial charge in [0.25, 0.3) is 0 Å². The third-order valence-corrected chi connectivity index (χ3v) is 2.07. The van der Waals surface area contributed by atoms with Gasteiger partial charge in [0, 0.05) is 12.3 Å². The normalized spacial score (nSPS) is 10.9. The van der Waals surface area contributed by atoms with Gasteiger partial charge in [-0.1, -0.05) is 0 Å². The molecule has 0 saturated heterocycles. The molecular formula is C7H5BrFN3. The van der Waals surface area contributed by atoms with Gasteiger partial charge in [-0.05, 0) is 22.9 Å². The molecule has 0 saturated carbocycles. The second kappa shape index (κ2) is 2.52. The van der Waals surface area contributed by atoms with E-state index in [0.29, 0.717) is 15.9 Å². The maximum Gasteiger partial charge on any atom is 0.158 e. The second-order valence-corrected chi connectivity index (χ2v) is 3.29. The molecule has 2 heterocycles. The van der Waals surface area contributed by atoms with Crippen molar-refractivity contribution in [2.45, 2.75) is 6.92 Å². The summed E-state index contributed by atoms with van der Waals surface area (Å²) in [6.45, 7) is 1.76. The van der Waals surface area contributed by atoms with Gasteiger partial charge in [-0.3, -0.25) is 0 Å². The van der Waals surface area contributed by atoms with E-state index in [0.717, 1.165) is 0 Å². The molecule has 2 rings (SSSR count). The average molecular weight is 230 g/mol. The minimum atomic E-state index is -0.324. The Morgan fingerprint density at radius 2 is 2.33 bits per heavy atom. The van der Waals surface area contributed by atoms with Gasteiger partial charge in [0.2, 0.25) is 0 Å². The van der Waals surface area contributed by atoms with Crippen LogP contribution in [0.25, 0.3) is 5.65 Å². The third-order valence-electron chi connectivity index (χ3n) is 1.48. The summed E-state index contributed by atoms with van der Waals surface area (Å²) in [5.74, 6) is 0.308. The average Bonchev–Trinajstić information content (AvgIpc) is 2.30. The first kappa shape index (κ1) is 7.67. The molecule has 0 aliphatic carbocycles. The largest absolute Gasteiger partial charge is 0.220 e. The Hall–Kier alpha value is -0.970. The molecule has 0 bridgehead atoms. The Kier molecular flexibility index (Phi) is 1.61. The fourth-order valence-electron chi connectivity index (χ4n) is 0.991. The molecule has 0 unspecified atom stereocenters. The van der Waals surface area contributed by atoms with Crippen molar-refractivity contribution in [3.63, 3.8) is 0 Å². The summed E-state index contributed by atoms with van der Waals surface area (Å²) in [5, 5.41) is 4.02. The molecule has 0 aliphatic heterocycles. The van der Waals surface area contributed by atoms with Crippen molar-refractivity contribution >= 4 is 21.6 Å². The van der Waals surface area contributed by atoms with E-state index >= 15 is 0 Å². The molecule has 0 aliphatic rings. The van der Waals surface area contributed by atoms with E-state index in [1.54, 1.807) is 13.1 Å². The van der Waals surface area contributed by atoms with Gasteiger partial charge in [0.05, 0.1) is 4.47 Å². The van der Waals surface area contributed by atoms with Crippen LogP contribution in [0.5, 0.6) is 0 Å². The van der Waals surface area contributed by atoms with Gasteiger partial charge in [-0.2, -0.15) is 5.10 Å². The molecule has 2 aromatic heterocycles.